The van der Waals surface area contributed by atoms with Crippen molar-refractivity contribution in [3.63, 3.8) is 0 Å². The predicted molar refractivity (Wildman–Crippen MR) is 135 cm³/mol. The van der Waals surface area contributed by atoms with Gasteiger partial charge in [0, 0.05) is 46.4 Å². The Hall–Kier alpha value is -0.950. The molecule has 0 saturated carbocycles. The van der Waals surface area contributed by atoms with Crippen molar-refractivity contribution in [1.82, 2.24) is 14.9 Å². The topological polar surface area (TPSA) is 92.3 Å². The number of methoxy groups -OCH3 is 1. The molecule has 1 aromatic carbocycles. The van der Waals surface area contributed by atoms with Crippen LogP contribution in [0.3, 0.4) is 0 Å². The lowest BCUT2D eigenvalue weighted by atomic mass is 9.98. The number of rotatable bonds is 12. The smallest absolute Gasteiger partial charge is 0.243 e. The second-order valence-electron chi connectivity index (χ2n) is 7.27. The number of sulfonamides is 1. The van der Waals surface area contributed by atoms with Gasteiger partial charge in [0.05, 0.1) is 18.1 Å². The van der Waals surface area contributed by atoms with Crippen LogP contribution in [0.2, 0.25) is 0 Å². The van der Waals surface area contributed by atoms with Crippen LogP contribution in [0.15, 0.2) is 40.2 Å². The largest absolute Gasteiger partial charge is 0.382 e. The van der Waals surface area contributed by atoms with Crippen LogP contribution in [0.4, 0.5) is 0 Å². The van der Waals surface area contributed by atoms with Crippen molar-refractivity contribution >= 4 is 40.0 Å². The van der Waals surface area contributed by atoms with Crippen LogP contribution in [-0.4, -0.2) is 78.3 Å². The maximum atomic E-state index is 12.7. The standard InChI is InChI=1S/C21H36N4O4S.HI/c1-3-22-21(23-12-7-15-29-17-16-28-2)24-18-19-10-13-25(14-11-19)30(26,27)20-8-5-4-6-9-20;/h4-6,8-9,19H,3,7,10-18H2,1-2H3,(H2,22,23,24);1H. The Kier molecular flexibility index (Phi) is 14.3. The molecule has 2 N–H and O–H groups in total. The molecule has 1 aliphatic rings. The number of hydrogen-bond donors (Lipinski definition) is 2. The summed E-state index contributed by atoms with van der Waals surface area (Å²) in [5, 5.41) is 6.59. The van der Waals surface area contributed by atoms with E-state index in [4.69, 9.17) is 14.5 Å². The number of aliphatic imine (C=N–C) groups is 1. The van der Waals surface area contributed by atoms with Gasteiger partial charge in [0.25, 0.3) is 0 Å². The van der Waals surface area contributed by atoms with Crippen molar-refractivity contribution < 1.29 is 17.9 Å². The molecule has 0 unspecified atom stereocenters. The van der Waals surface area contributed by atoms with E-state index in [9.17, 15) is 8.42 Å². The lowest BCUT2D eigenvalue weighted by Gasteiger charge is -2.30. The summed E-state index contributed by atoms with van der Waals surface area (Å²) in [6.07, 6.45) is 2.54. The summed E-state index contributed by atoms with van der Waals surface area (Å²) in [6.45, 7) is 7.31. The Balaban J connectivity index is 0.00000480. The number of nitrogens with zero attached hydrogens (tertiary/aromatic N) is 2. The van der Waals surface area contributed by atoms with E-state index in [1.165, 1.54) is 0 Å². The van der Waals surface area contributed by atoms with Crippen molar-refractivity contribution in [2.45, 2.75) is 31.1 Å². The molecule has 1 aromatic rings. The highest BCUT2D eigenvalue weighted by molar-refractivity contribution is 14.0. The molecule has 1 saturated heterocycles. The summed E-state index contributed by atoms with van der Waals surface area (Å²) in [7, 11) is -1.73. The van der Waals surface area contributed by atoms with Gasteiger partial charge in [-0.25, -0.2) is 8.42 Å². The van der Waals surface area contributed by atoms with E-state index in [0.29, 0.717) is 50.3 Å². The molecule has 1 fully saturated rings. The Morgan fingerprint density at radius 2 is 1.84 bits per heavy atom. The molecular weight excluding hydrogens is 531 g/mol. The number of hydrogen-bond acceptors (Lipinski definition) is 5. The Bertz CT molecular complexity index is 726. The summed E-state index contributed by atoms with van der Waals surface area (Å²) < 4.78 is 37.5. The Morgan fingerprint density at radius 3 is 2.48 bits per heavy atom. The minimum absolute atomic E-state index is 0. The van der Waals surface area contributed by atoms with Crippen LogP contribution >= 0.6 is 24.0 Å². The second-order valence-corrected chi connectivity index (χ2v) is 9.20. The highest BCUT2D eigenvalue weighted by Crippen LogP contribution is 2.23. The molecule has 10 heteroatoms. The van der Waals surface area contributed by atoms with E-state index >= 15 is 0 Å². The van der Waals surface area contributed by atoms with Gasteiger partial charge in [-0.3, -0.25) is 4.99 Å². The van der Waals surface area contributed by atoms with Gasteiger partial charge >= 0.3 is 0 Å². The van der Waals surface area contributed by atoms with Crippen LogP contribution in [0, 0.1) is 5.92 Å². The first kappa shape index (κ1) is 28.1. The number of benzene rings is 1. The summed E-state index contributed by atoms with van der Waals surface area (Å²) >= 11 is 0. The molecular formula is C21H37IN4O4S. The van der Waals surface area contributed by atoms with Crippen LogP contribution < -0.4 is 10.6 Å². The number of ether oxygens (including phenoxy) is 2. The number of halogens is 1. The van der Waals surface area contributed by atoms with E-state index in [-0.39, 0.29) is 24.0 Å². The Morgan fingerprint density at radius 1 is 1.13 bits per heavy atom. The lowest BCUT2D eigenvalue weighted by molar-refractivity contribution is 0.0698. The zero-order chi connectivity index (χ0) is 21.7. The maximum absolute atomic E-state index is 12.7. The summed E-state index contributed by atoms with van der Waals surface area (Å²) in [6, 6.07) is 8.66. The number of piperidine rings is 1. The zero-order valence-corrected chi connectivity index (χ0v) is 21.7. The fourth-order valence-electron chi connectivity index (χ4n) is 3.26. The summed E-state index contributed by atoms with van der Waals surface area (Å²) in [5.41, 5.74) is 0. The van der Waals surface area contributed by atoms with E-state index in [0.717, 1.165) is 38.3 Å². The van der Waals surface area contributed by atoms with Gasteiger partial charge in [0.15, 0.2) is 5.96 Å². The molecule has 0 spiro atoms. The van der Waals surface area contributed by atoms with E-state index < -0.39 is 10.0 Å². The van der Waals surface area contributed by atoms with Crippen LogP contribution in [0.5, 0.6) is 0 Å². The predicted octanol–water partition coefficient (Wildman–Crippen LogP) is 2.31. The molecule has 0 radical (unpaired) electrons. The van der Waals surface area contributed by atoms with Gasteiger partial charge in [0.1, 0.15) is 0 Å². The second kappa shape index (κ2) is 15.8. The molecule has 0 aliphatic carbocycles. The molecule has 1 heterocycles. The third-order valence-corrected chi connectivity index (χ3v) is 6.91. The highest BCUT2D eigenvalue weighted by Gasteiger charge is 2.29. The molecule has 8 nitrogen and oxygen atoms in total. The van der Waals surface area contributed by atoms with Gasteiger partial charge < -0.3 is 20.1 Å². The van der Waals surface area contributed by atoms with E-state index in [2.05, 4.69) is 10.6 Å². The van der Waals surface area contributed by atoms with Gasteiger partial charge in [-0.15, -0.1) is 24.0 Å². The number of guanidine groups is 1. The molecule has 0 bridgehead atoms. The van der Waals surface area contributed by atoms with Gasteiger partial charge in [-0.2, -0.15) is 4.31 Å². The van der Waals surface area contributed by atoms with Crippen molar-refractivity contribution in [3.8, 4) is 0 Å². The lowest BCUT2D eigenvalue weighted by Crippen LogP contribution is -2.40. The first-order chi connectivity index (χ1) is 14.6. The molecule has 0 amide bonds. The fourth-order valence-corrected chi connectivity index (χ4v) is 4.75. The highest BCUT2D eigenvalue weighted by atomic mass is 127. The molecule has 0 atom stereocenters. The maximum Gasteiger partial charge on any atom is 0.243 e. The van der Waals surface area contributed by atoms with Crippen molar-refractivity contribution in [2.24, 2.45) is 10.9 Å². The minimum Gasteiger partial charge on any atom is -0.382 e. The molecule has 2 rings (SSSR count). The third kappa shape index (κ3) is 10.0. The molecule has 1 aliphatic heterocycles. The van der Waals surface area contributed by atoms with Gasteiger partial charge in [0.2, 0.25) is 10.0 Å². The zero-order valence-electron chi connectivity index (χ0n) is 18.6. The van der Waals surface area contributed by atoms with Crippen LogP contribution in [-0.2, 0) is 19.5 Å². The Labute approximate surface area is 204 Å². The summed E-state index contributed by atoms with van der Waals surface area (Å²) in [4.78, 5) is 5.06. The van der Waals surface area contributed by atoms with E-state index in [1.807, 2.05) is 13.0 Å². The van der Waals surface area contributed by atoms with Crippen molar-refractivity contribution in [3.05, 3.63) is 30.3 Å². The average Bonchev–Trinajstić information content (AvgIpc) is 2.77. The van der Waals surface area contributed by atoms with Crippen molar-refractivity contribution in [1.29, 1.82) is 0 Å². The first-order valence-corrected chi connectivity index (χ1v) is 12.2. The molecule has 178 valence electrons. The minimum atomic E-state index is -3.40. The van der Waals surface area contributed by atoms with Crippen LogP contribution in [0.25, 0.3) is 0 Å². The average molecular weight is 569 g/mol. The first-order valence-electron chi connectivity index (χ1n) is 10.7. The van der Waals surface area contributed by atoms with Gasteiger partial charge in [-0.05, 0) is 44.2 Å². The third-order valence-electron chi connectivity index (χ3n) is 5.00. The molecule has 0 aromatic heterocycles. The SMILES string of the molecule is CCNC(=NCC1CCN(S(=O)(=O)c2ccccc2)CC1)NCCCOCCOC.I. The van der Waals surface area contributed by atoms with Crippen LogP contribution in [0.1, 0.15) is 26.2 Å². The fraction of sp³-hybridized carbons (Fsp3) is 0.667. The monoisotopic (exact) mass is 568 g/mol. The molecule has 31 heavy (non-hydrogen) atoms. The van der Waals surface area contributed by atoms with E-state index in [1.54, 1.807) is 35.7 Å². The number of nitrogens with one attached hydrogen (secondary N) is 2. The van der Waals surface area contributed by atoms with Crippen molar-refractivity contribution in [2.75, 3.05) is 59.7 Å². The summed E-state index contributed by atoms with van der Waals surface area (Å²) in [5.74, 6) is 1.19. The quantitative estimate of drug-likeness (QED) is 0.174. The normalized spacial score (nSPS) is 16.0. The van der Waals surface area contributed by atoms with Gasteiger partial charge in [-0.1, -0.05) is 18.2 Å².